The molecule has 0 aromatic heterocycles. The second-order valence-corrected chi connectivity index (χ2v) is 15.4. The third kappa shape index (κ3) is 4.61. The number of hydrogen-bond acceptors (Lipinski definition) is 4. The van der Waals surface area contributed by atoms with Gasteiger partial charge in [-0.25, -0.2) is 0 Å². The zero-order valence-electron chi connectivity index (χ0n) is 18.2. The molecule has 1 saturated heterocycles. The van der Waals surface area contributed by atoms with Crippen LogP contribution in [0.25, 0.3) is 0 Å². The molecule has 5 heteroatoms. The number of nitriles is 1. The fourth-order valence-corrected chi connectivity index (χ4v) is 5.97. The highest BCUT2D eigenvalue weighted by Gasteiger charge is 2.49. The summed E-state index contributed by atoms with van der Waals surface area (Å²) in [7, 11) is -1.82. The van der Waals surface area contributed by atoms with Crippen LogP contribution < -0.4 is 0 Å². The van der Waals surface area contributed by atoms with E-state index in [0.29, 0.717) is 18.1 Å². The second kappa shape index (κ2) is 8.53. The van der Waals surface area contributed by atoms with Crippen molar-refractivity contribution in [1.82, 2.24) is 5.06 Å². The zero-order valence-corrected chi connectivity index (χ0v) is 19.2. The standard InChI is InChI=1S/C22H40N2O2Si/c1-22(2,3)27(4,5)25-16-19-18-13-9-10-14-21(18)26-24(20(19)15-23)17-11-7-6-8-12-17/h17-21H,6-14,16H2,1-5H3. The largest absolute Gasteiger partial charge is 0.416 e. The molecule has 3 fully saturated rings. The van der Waals surface area contributed by atoms with Crippen LogP contribution in [0.3, 0.4) is 0 Å². The van der Waals surface area contributed by atoms with E-state index in [0.717, 1.165) is 13.0 Å². The van der Waals surface area contributed by atoms with Crippen molar-refractivity contribution < 1.29 is 9.26 Å². The Morgan fingerprint density at radius 2 is 1.67 bits per heavy atom. The van der Waals surface area contributed by atoms with Gasteiger partial charge in [-0.05, 0) is 49.7 Å². The van der Waals surface area contributed by atoms with Gasteiger partial charge >= 0.3 is 0 Å². The molecule has 4 nitrogen and oxygen atoms in total. The minimum Gasteiger partial charge on any atom is -0.416 e. The summed E-state index contributed by atoms with van der Waals surface area (Å²) in [5, 5.41) is 12.5. The van der Waals surface area contributed by atoms with E-state index in [1.165, 1.54) is 51.4 Å². The van der Waals surface area contributed by atoms with Crippen molar-refractivity contribution in [3.8, 4) is 6.07 Å². The summed E-state index contributed by atoms with van der Waals surface area (Å²) in [6, 6.07) is 2.91. The Morgan fingerprint density at radius 1 is 1.04 bits per heavy atom. The first-order valence-electron chi connectivity index (χ1n) is 11.2. The average Bonchev–Trinajstić information content (AvgIpc) is 2.65. The van der Waals surface area contributed by atoms with Gasteiger partial charge in [-0.3, -0.25) is 4.84 Å². The molecule has 27 heavy (non-hydrogen) atoms. The lowest BCUT2D eigenvalue weighted by Gasteiger charge is -2.51. The lowest BCUT2D eigenvalue weighted by atomic mass is 9.73. The van der Waals surface area contributed by atoms with Gasteiger partial charge in [0.05, 0.1) is 12.2 Å². The fraction of sp³-hybridized carbons (Fsp3) is 0.955. The maximum atomic E-state index is 10.1. The monoisotopic (exact) mass is 392 g/mol. The Morgan fingerprint density at radius 3 is 2.30 bits per heavy atom. The summed E-state index contributed by atoms with van der Waals surface area (Å²) in [5.41, 5.74) is 0. The molecule has 0 radical (unpaired) electrons. The molecule has 0 aromatic carbocycles. The third-order valence-corrected chi connectivity index (χ3v) is 12.3. The summed E-state index contributed by atoms with van der Waals surface area (Å²) in [4.78, 5) is 6.53. The van der Waals surface area contributed by atoms with Crippen LogP contribution in [-0.2, 0) is 9.26 Å². The van der Waals surface area contributed by atoms with E-state index in [4.69, 9.17) is 9.26 Å². The molecule has 4 atom stereocenters. The van der Waals surface area contributed by atoms with Gasteiger partial charge in [-0.15, -0.1) is 0 Å². The Bertz CT molecular complexity index is 533. The minimum atomic E-state index is -1.82. The Balaban J connectivity index is 1.79. The molecule has 1 heterocycles. The van der Waals surface area contributed by atoms with Crippen LogP contribution in [0.5, 0.6) is 0 Å². The van der Waals surface area contributed by atoms with Gasteiger partial charge in [0.15, 0.2) is 8.32 Å². The summed E-state index contributed by atoms with van der Waals surface area (Å²) in [6.07, 6.45) is 11.3. The molecule has 0 spiro atoms. The van der Waals surface area contributed by atoms with Crippen LogP contribution in [0.1, 0.15) is 78.6 Å². The maximum absolute atomic E-state index is 10.1. The van der Waals surface area contributed by atoms with Crippen LogP contribution in [0, 0.1) is 23.2 Å². The fourth-order valence-electron chi connectivity index (χ4n) is 4.93. The van der Waals surface area contributed by atoms with E-state index in [1.807, 2.05) is 0 Å². The van der Waals surface area contributed by atoms with Gasteiger partial charge in [0, 0.05) is 18.6 Å². The summed E-state index contributed by atoms with van der Waals surface area (Å²) in [5.74, 6) is 0.762. The van der Waals surface area contributed by atoms with Crippen molar-refractivity contribution in [2.45, 2.75) is 115 Å². The highest BCUT2D eigenvalue weighted by molar-refractivity contribution is 6.74. The molecule has 154 valence electrons. The molecule has 0 N–H and O–H groups in total. The minimum absolute atomic E-state index is 0.155. The van der Waals surface area contributed by atoms with Crippen molar-refractivity contribution in [2.75, 3.05) is 6.61 Å². The van der Waals surface area contributed by atoms with E-state index in [2.05, 4.69) is 45.0 Å². The molecule has 1 aliphatic heterocycles. The van der Waals surface area contributed by atoms with E-state index < -0.39 is 8.32 Å². The van der Waals surface area contributed by atoms with Gasteiger partial charge in [0.1, 0.15) is 6.04 Å². The molecule has 3 aliphatic rings. The van der Waals surface area contributed by atoms with Crippen molar-refractivity contribution in [2.24, 2.45) is 11.8 Å². The molecule has 2 aliphatic carbocycles. The van der Waals surface area contributed by atoms with Crippen molar-refractivity contribution in [3.05, 3.63) is 0 Å². The van der Waals surface area contributed by atoms with Gasteiger partial charge in [-0.2, -0.15) is 10.3 Å². The SMILES string of the molecule is CC(C)(C)[Si](C)(C)OCC1C2CCCCC2ON(C2CCCCC2)C1C#N. The quantitative estimate of drug-likeness (QED) is 0.579. The van der Waals surface area contributed by atoms with Crippen LogP contribution in [0.15, 0.2) is 0 Å². The van der Waals surface area contributed by atoms with Crippen LogP contribution in [0.2, 0.25) is 18.1 Å². The molecular weight excluding hydrogens is 352 g/mol. The van der Waals surface area contributed by atoms with Crippen molar-refractivity contribution in [1.29, 1.82) is 5.26 Å². The predicted octanol–water partition coefficient (Wildman–Crippen LogP) is 5.66. The van der Waals surface area contributed by atoms with Crippen LogP contribution in [-0.4, -0.2) is 38.2 Å². The maximum Gasteiger partial charge on any atom is 0.191 e. The van der Waals surface area contributed by atoms with Crippen LogP contribution >= 0.6 is 0 Å². The van der Waals surface area contributed by atoms with Crippen molar-refractivity contribution >= 4 is 8.32 Å². The predicted molar refractivity (Wildman–Crippen MR) is 112 cm³/mol. The Labute approximate surface area is 167 Å². The number of hydrogen-bond donors (Lipinski definition) is 0. The number of hydroxylamine groups is 2. The van der Waals surface area contributed by atoms with E-state index in [1.54, 1.807) is 0 Å². The number of nitrogens with zero attached hydrogens (tertiary/aromatic N) is 2. The Hall–Kier alpha value is -0.413. The molecule has 0 aromatic rings. The van der Waals surface area contributed by atoms with E-state index in [-0.39, 0.29) is 17.0 Å². The molecule has 3 rings (SSSR count). The Kier molecular flexibility index (Phi) is 6.73. The first-order chi connectivity index (χ1) is 12.7. The van der Waals surface area contributed by atoms with E-state index in [9.17, 15) is 5.26 Å². The van der Waals surface area contributed by atoms with E-state index >= 15 is 0 Å². The molecule has 0 amide bonds. The lowest BCUT2D eigenvalue weighted by molar-refractivity contribution is -0.303. The molecule has 0 bridgehead atoms. The van der Waals surface area contributed by atoms with Crippen LogP contribution in [0.4, 0.5) is 0 Å². The summed E-state index contributed by atoms with van der Waals surface area (Å²) < 4.78 is 6.66. The highest BCUT2D eigenvalue weighted by atomic mass is 28.4. The normalized spacial score (nSPS) is 34.1. The topological polar surface area (TPSA) is 45.5 Å². The van der Waals surface area contributed by atoms with Gasteiger partial charge in [0.25, 0.3) is 0 Å². The summed E-state index contributed by atoms with van der Waals surface area (Å²) >= 11 is 0. The first kappa shape index (κ1) is 21.3. The first-order valence-corrected chi connectivity index (χ1v) is 14.1. The average molecular weight is 393 g/mol. The van der Waals surface area contributed by atoms with Gasteiger partial charge in [-0.1, -0.05) is 52.9 Å². The third-order valence-electron chi connectivity index (χ3n) is 7.75. The smallest absolute Gasteiger partial charge is 0.191 e. The molecule has 4 unspecified atom stereocenters. The number of rotatable bonds is 4. The lowest BCUT2D eigenvalue weighted by Crippen LogP contribution is -2.59. The van der Waals surface area contributed by atoms with Gasteiger partial charge < -0.3 is 4.43 Å². The highest BCUT2D eigenvalue weighted by Crippen LogP contribution is 2.44. The molecule has 2 saturated carbocycles. The number of fused-ring (bicyclic) bond motifs is 1. The van der Waals surface area contributed by atoms with Crippen molar-refractivity contribution in [3.63, 3.8) is 0 Å². The summed E-state index contributed by atoms with van der Waals surface area (Å²) in [6.45, 7) is 12.3. The van der Waals surface area contributed by atoms with Gasteiger partial charge in [0.2, 0.25) is 0 Å². The zero-order chi connectivity index (χ0) is 19.7. The molecular formula is C22H40N2O2Si. The second-order valence-electron chi connectivity index (χ2n) is 10.6.